The van der Waals surface area contributed by atoms with Gasteiger partial charge in [0, 0.05) is 18.0 Å². The van der Waals surface area contributed by atoms with E-state index in [4.69, 9.17) is 28.6 Å². The van der Waals surface area contributed by atoms with Gasteiger partial charge in [-0.3, -0.25) is 5.41 Å². The molecule has 31 heavy (non-hydrogen) atoms. The summed E-state index contributed by atoms with van der Waals surface area (Å²) in [6.07, 6.45) is 0. The molecule has 0 amide bonds. The van der Waals surface area contributed by atoms with Crippen molar-refractivity contribution in [1.29, 1.82) is 5.41 Å². The van der Waals surface area contributed by atoms with Crippen molar-refractivity contribution in [2.45, 2.75) is 10.8 Å². The fourth-order valence-electron chi connectivity index (χ4n) is 3.30. The minimum Gasteiger partial charge on any atom is -0.267 e. The first-order valence-corrected chi connectivity index (χ1v) is 12.3. The lowest BCUT2D eigenvalue weighted by Gasteiger charge is -2.25. The third-order valence-corrected chi connectivity index (χ3v) is 8.22. The van der Waals surface area contributed by atoms with Crippen molar-refractivity contribution < 1.29 is 8.42 Å². The van der Waals surface area contributed by atoms with Gasteiger partial charge in [-0.2, -0.15) is 5.10 Å². The lowest BCUT2D eigenvalue weighted by molar-refractivity contribution is 0.421. The van der Waals surface area contributed by atoms with Gasteiger partial charge in [0.15, 0.2) is 0 Å². The Morgan fingerprint density at radius 3 is 2.39 bits per heavy atom. The number of sulfonamides is 1. The van der Waals surface area contributed by atoms with E-state index in [1.165, 1.54) is 47.7 Å². The number of halogens is 2. The lowest BCUT2D eigenvalue weighted by atomic mass is 9.94. The molecule has 1 N–H and O–H groups in total. The van der Waals surface area contributed by atoms with Crippen LogP contribution in [0.4, 0.5) is 0 Å². The van der Waals surface area contributed by atoms with Crippen LogP contribution in [0.3, 0.4) is 0 Å². The Labute approximate surface area is 194 Å². The number of nitrogens with one attached hydrogen (secondary N) is 1. The van der Waals surface area contributed by atoms with Crippen LogP contribution < -0.4 is 0 Å². The molecule has 1 atom stereocenters. The van der Waals surface area contributed by atoms with Gasteiger partial charge in [0.1, 0.15) is 0 Å². The number of guanidine groups is 1. The Hall–Kier alpha value is -2.39. The zero-order valence-electron chi connectivity index (χ0n) is 16.4. The molecule has 0 saturated carbocycles. The number of thiophene rings is 1. The number of hydrogen-bond acceptors (Lipinski definition) is 5. The molecule has 10 heteroatoms. The van der Waals surface area contributed by atoms with Crippen molar-refractivity contribution in [2.75, 3.05) is 13.6 Å². The second-order valence-corrected chi connectivity index (χ2v) is 11.0. The predicted octanol–water partition coefficient (Wildman–Crippen LogP) is 5.11. The third kappa shape index (κ3) is 4.34. The van der Waals surface area contributed by atoms with Gasteiger partial charge >= 0.3 is 0 Å². The molecule has 3 aromatic rings. The summed E-state index contributed by atoms with van der Waals surface area (Å²) in [6.45, 7) is 0.341. The fourth-order valence-corrected chi connectivity index (χ4v) is 5.62. The van der Waals surface area contributed by atoms with Gasteiger partial charge in [-0.25, -0.2) is 17.7 Å². The van der Waals surface area contributed by atoms with Crippen LogP contribution >= 0.6 is 34.5 Å². The molecule has 0 bridgehead atoms. The van der Waals surface area contributed by atoms with Crippen molar-refractivity contribution in [2.24, 2.45) is 5.10 Å². The molecule has 0 aliphatic carbocycles. The summed E-state index contributed by atoms with van der Waals surface area (Å²) in [7, 11) is -2.59. The highest BCUT2D eigenvalue weighted by molar-refractivity contribution is 7.89. The molecule has 0 radical (unpaired) electrons. The van der Waals surface area contributed by atoms with Crippen molar-refractivity contribution in [3.05, 3.63) is 86.5 Å². The van der Waals surface area contributed by atoms with Gasteiger partial charge in [-0.1, -0.05) is 53.5 Å². The molecule has 6 nitrogen and oxygen atoms in total. The normalized spacial score (nSPS) is 16.3. The van der Waals surface area contributed by atoms with Gasteiger partial charge in [0.05, 0.1) is 26.4 Å². The molecule has 2 aromatic carbocycles. The Balaban J connectivity index is 1.66. The molecule has 1 unspecified atom stereocenters. The molecule has 0 saturated heterocycles. The van der Waals surface area contributed by atoms with Crippen molar-refractivity contribution in [3.63, 3.8) is 0 Å². The van der Waals surface area contributed by atoms with E-state index < -0.39 is 10.0 Å². The van der Waals surface area contributed by atoms with E-state index in [0.29, 0.717) is 15.9 Å². The van der Waals surface area contributed by atoms with Gasteiger partial charge in [0.25, 0.3) is 10.0 Å². The fraction of sp³-hybridized carbons (Fsp3) is 0.143. The summed E-state index contributed by atoms with van der Waals surface area (Å²) in [4.78, 5) is 0.939. The average molecular weight is 493 g/mol. The summed E-state index contributed by atoms with van der Waals surface area (Å²) in [5, 5.41) is 15.0. The summed E-state index contributed by atoms with van der Waals surface area (Å²) >= 11 is 13.4. The second-order valence-electron chi connectivity index (χ2n) is 6.88. The molecule has 1 aliphatic heterocycles. The van der Waals surface area contributed by atoms with Crippen molar-refractivity contribution in [1.82, 2.24) is 9.31 Å². The molecule has 1 aromatic heterocycles. The lowest BCUT2D eigenvalue weighted by Crippen LogP contribution is -2.41. The Morgan fingerprint density at radius 1 is 1.10 bits per heavy atom. The Kier molecular flexibility index (Phi) is 6.07. The zero-order valence-corrected chi connectivity index (χ0v) is 19.5. The minimum atomic E-state index is -3.93. The average Bonchev–Trinajstić information content (AvgIpc) is 3.40. The topological polar surface area (TPSA) is 76.8 Å². The van der Waals surface area contributed by atoms with Gasteiger partial charge in [-0.05, 0) is 42.0 Å². The quantitative estimate of drug-likeness (QED) is 0.405. The molecular weight excluding hydrogens is 475 g/mol. The van der Waals surface area contributed by atoms with Gasteiger partial charge < -0.3 is 0 Å². The minimum absolute atomic E-state index is 0.0530. The molecule has 160 valence electrons. The van der Waals surface area contributed by atoms with Crippen LogP contribution in [0.2, 0.25) is 9.36 Å². The molecule has 4 rings (SSSR count). The molecule has 2 heterocycles. The maximum atomic E-state index is 13.0. The van der Waals surface area contributed by atoms with Crippen molar-refractivity contribution in [3.8, 4) is 0 Å². The van der Waals surface area contributed by atoms with E-state index in [9.17, 15) is 8.42 Å². The number of hydrogen-bond donors (Lipinski definition) is 1. The maximum absolute atomic E-state index is 13.0. The maximum Gasteiger partial charge on any atom is 0.266 e. The number of benzene rings is 2. The highest BCUT2D eigenvalue weighted by atomic mass is 35.5. The van der Waals surface area contributed by atoms with E-state index >= 15 is 0 Å². The van der Waals surface area contributed by atoms with Crippen LogP contribution in [0.25, 0.3) is 0 Å². The summed E-state index contributed by atoms with van der Waals surface area (Å²) in [5.74, 6) is -0.364. The van der Waals surface area contributed by atoms with Gasteiger partial charge in [0.2, 0.25) is 5.96 Å². The van der Waals surface area contributed by atoms with Gasteiger partial charge in [-0.15, -0.1) is 11.3 Å². The number of hydrazone groups is 1. The van der Waals surface area contributed by atoms with Crippen LogP contribution in [0.5, 0.6) is 0 Å². The van der Waals surface area contributed by atoms with Crippen LogP contribution in [0, 0.1) is 5.41 Å². The largest absolute Gasteiger partial charge is 0.267 e. The SMILES string of the molecule is CN(C(=N)N1CC(c2ccccc2)C(c2ccc(Cl)s2)=N1)S(=O)(=O)c1ccc(Cl)cc1. The van der Waals surface area contributed by atoms with Crippen LogP contribution in [0.1, 0.15) is 16.4 Å². The van der Waals surface area contributed by atoms with E-state index in [2.05, 4.69) is 5.10 Å². The Bertz CT molecular complexity index is 1240. The third-order valence-electron chi connectivity index (χ3n) is 4.96. The molecule has 0 fully saturated rings. The van der Waals surface area contributed by atoms with Crippen LogP contribution in [-0.4, -0.2) is 43.0 Å². The van der Waals surface area contributed by atoms with E-state index in [1.54, 1.807) is 6.07 Å². The Morgan fingerprint density at radius 2 is 1.77 bits per heavy atom. The highest BCUT2D eigenvalue weighted by Gasteiger charge is 2.35. The second kappa shape index (κ2) is 8.63. The summed E-state index contributed by atoms with van der Waals surface area (Å²) in [6, 6.07) is 19.4. The predicted molar refractivity (Wildman–Crippen MR) is 126 cm³/mol. The number of rotatable bonds is 4. The molecular formula is C21H18Cl2N4O2S2. The van der Waals surface area contributed by atoms with E-state index in [-0.39, 0.29) is 16.8 Å². The first-order chi connectivity index (χ1) is 14.8. The molecule has 0 spiro atoms. The smallest absolute Gasteiger partial charge is 0.266 e. The summed E-state index contributed by atoms with van der Waals surface area (Å²) < 4.78 is 27.6. The zero-order chi connectivity index (χ0) is 22.2. The first kappa shape index (κ1) is 21.8. The standard InChI is InChI=1S/C21H18Cl2N4O2S2/c1-26(31(28,29)16-9-7-15(22)8-10-16)21(24)27-13-17(14-5-3-2-4-6-14)20(25-27)18-11-12-19(23)30-18/h2-12,17,24H,13H2,1H3. The van der Waals surface area contributed by atoms with Crippen LogP contribution in [0.15, 0.2) is 76.7 Å². The first-order valence-electron chi connectivity index (χ1n) is 9.27. The van der Waals surface area contributed by atoms with Crippen LogP contribution in [-0.2, 0) is 10.0 Å². The molecule has 1 aliphatic rings. The summed E-state index contributed by atoms with van der Waals surface area (Å²) in [5.41, 5.74) is 1.79. The van der Waals surface area contributed by atoms with Crippen molar-refractivity contribution >= 4 is 56.2 Å². The van der Waals surface area contributed by atoms with E-state index in [1.807, 2.05) is 36.4 Å². The highest BCUT2D eigenvalue weighted by Crippen LogP contribution is 2.33. The number of nitrogens with zero attached hydrogens (tertiary/aromatic N) is 3. The van der Waals surface area contributed by atoms with E-state index in [0.717, 1.165) is 20.5 Å². The monoisotopic (exact) mass is 492 g/mol.